The molecule has 0 bridgehead atoms. The van der Waals surface area contributed by atoms with Crippen molar-refractivity contribution in [1.29, 1.82) is 0 Å². The number of ether oxygens (including phenoxy) is 1. The van der Waals surface area contributed by atoms with Gasteiger partial charge in [0.15, 0.2) is 0 Å². The minimum Gasteiger partial charge on any atom is -0.494 e. The molecule has 0 fully saturated rings. The maximum absolute atomic E-state index is 12.2. The summed E-state index contributed by atoms with van der Waals surface area (Å²) in [6, 6.07) is 15.6. The van der Waals surface area contributed by atoms with Gasteiger partial charge in [0, 0.05) is 19.3 Å². The Morgan fingerprint density at radius 3 is 2.61 bits per heavy atom. The highest BCUT2D eigenvalue weighted by atomic mass is 16.5. The highest BCUT2D eigenvalue weighted by molar-refractivity contribution is 5.90. The van der Waals surface area contributed by atoms with Crippen molar-refractivity contribution >= 4 is 11.7 Å². The lowest BCUT2D eigenvalue weighted by Gasteiger charge is -2.19. The van der Waals surface area contributed by atoms with Gasteiger partial charge in [0.2, 0.25) is 0 Å². The molecule has 122 valence electrons. The lowest BCUT2D eigenvalue weighted by Crippen LogP contribution is -2.33. The maximum atomic E-state index is 12.2. The summed E-state index contributed by atoms with van der Waals surface area (Å²) in [5, 5.41) is 2.96. The first-order valence-electron chi connectivity index (χ1n) is 7.83. The molecule has 2 aromatic carbocycles. The Bertz CT molecular complexity index is 641. The molecular formula is C19H24N2O2. The third kappa shape index (κ3) is 5.33. The van der Waals surface area contributed by atoms with Crippen molar-refractivity contribution in [2.75, 3.05) is 25.5 Å². The van der Waals surface area contributed by atoms with Gasteiger partial charge in [-0.3, -0.25) is 0 Å². The molecule has 2 rings (SSSR count). The molecule has 0 aliphatic carbocycles. The molecule has 4 heteroatoms. The van der Waals surface area contributed by atoms with Crippen LogP contribution >= 0.6 is 0 Å². The Labute approximate surface area is 138 Å². The number of amides is 2. The van der Waals surface area contributed by atoms with Crippen LogP contribution < -0.4 is 10.1 Å². The molecule has 2 aromatic rings. The van der Waals surface area contributed by atoms with E-state index in [1.165, 1.54) is 0 Å². The predicted octanol–water partition coefficient (Wildman–Crippen LogP) is 4.24. The molecule has 0 spiro atoms. The van der Waals surface area contributed by atoms with Gasteiger partial charge in [-0.05, 0) is 49.6 Å². The quantitative estimate of drug-likeness (QED) is 0.811. The van der Waals surface area contributed by atoms with E-state index in [4.69, 9.17) is 4.74 Å². The number of nitrogens with zero attached hydrogens (tertiary/aromatic N) is 1. The Morgan fingerprint density at radius 2 is 1.87 bits per heavy atom. The predicted molar refractivity (Wildman–Crippen MR) is 94.1 cm³/mol. The third-order valence-electron chi connectivity index (χ3n) is 3.63. The first-order chi connectivity index (χ1) is 11.1. The molecule has 0 saturated carbocycles. The van der Waals surface area contributed by atoms with E-state index in [2.05, 4.69) is 5.32 Å². The lowest BCUT2D eigenvalue weighted by atomic mass is 10.1. The van der Waals surface area contributed by atoms with E-state index in [0.29, 0.717) is 13.2 Å². The van der Waals surface area contributed by atoms with E-state index in [1.807, 2.05) is 62.4 Å². The van der Waals surface area contributed by atoms with Crippen LogP contribution in [-0.4, -0.2) is 31.1 Å². The van der Waals surface area contributed by atoms with Crippen molar-refractivity contribution in [3.63, 3.8) is 0 Å². The van der Waals surface area contributed by atoms with Crippen molar-refractivity contribution in [3.8, 4) is 5.75 Å². The van der Waals surface area contributed by atoms with Crippen LogP contribution in [0, 0.1) is 13.8 Å². The van der Waals surface area contributed by atoms with E-state index < -0.39 is 0 Å². The Kier molecular flexibility index (Phi) is 6.03. The normalized spacial score (nSPS) is 10.2. The highest BCUT2D eigenvalue weighted by Gasteiger charge is 2.10. The Hall–Kier alpha value is -2.49. The molecule has 0 saturated heterocycles. The second-order valence-corrected chi connectivity index (χ2v) is 5.69. The van der Waals surface area contributed by atoms with Crippen LogP contribution in [0.3, 0.4) is 0 Å². The molecule has 0 unspecified atom stereocenters. The first-order valence-corrected chi connectivity index (χ1v) is 7.83. The molecule has 0 aliphatic rings. The van der Waals surface area contributed by atoms with Gasteiger partial charge in [0.1, 0.15) is 5.75 Å². The van der Waals surface area contributed by atoms with Crippen molar-refractivity contribution in [1.82, 2.24) is 4.90 Å². The summed E-state index contributed by atoms with van der Waals surface area (Å²) in [5.41, 5.74) is 3.05. The SMILES string of the molecule is Cc1ccc(C)c(NC(=O)N(C)CCCOc2ccccc2)c1. The number of benzene rings is 2. The van der Waals surface area contributed by atoms with Crippen LogP contribution in [0.2, 0.25) is 0 Å². The molecule has 0 radical (unpaired) electrons. The molecule has 1 N–H and O–H groups in total. The van der Waals surface area contributed by atoms with E-state index in [-0.39, 0.29) is 6.03 Å². The maximum Gasteiger partial charge on any atom is 0.321 e. The number of nitrogens with one attached hydrogen (secondary N) is 1. The molecule has 0 aromatic heterocycles. The van der Waals surface area contributed by atoms with Gasteiger partial charge in [-0.2, -0.15) is 0 Å². The molecule has 4 nitrogen and oxygen atoms in total. The monoisotopic (exact) mass is 312 g/mol. The fourth-order valence-electron chi connectivity index (χ4n) is 2.19. The van der Waals surface area contributed by atoms with Gasteiger partial charge < -0.3 is 15.0 Å². The minimum atomic E-state index is -0.0987. The van der Waals surface area contributed by atoms with Gasteiger partial charge in [-0.15, -0.1) is 0 Å². The number of para-hydroxylation sites is 1. The fraction of sp³-hybridized carbons (Fsp3) is 0.316. The number of aryl methyl sites for hydroxylation is 2. The summed E-state index contributed by atoms with van der Waals surface area (Å²) in [5.74, 6) is 0.856. The average Bonchev–Trinajstić information content (AvgIpc) is 2.55. The molecular weight excluding hydrogens is 288 g/mol. The molecule has 2 amide bonds. The van der Waals surface area contributed by atoms with Crippen LogP contribution in [0.4, 0.5) is 10.5 Å². The van der Waals surface area contributed by atoms with Crippen LogP contribution in [0.25, 0.3) is 0 Å². The molecule has 23 heavy (non-hydrogen) atoms. The number of carbonyl (C=O) groups excluding carboxylic acids is 1. The zero-order valence-corrected chi connectivity index (χ0v) is 14.0. The van der Waals surface area contributed by atoms with Gasteiger partial charge in [0.05, 0.1) is 6.61 Å². The summed E-state index contributed by atoms with van der Waals surface area (Å²) in [7, 11) is 1.79. The van der Waals surface area contributed by atoms with Crippen LogP contribution in [-0.2, 0) is 0 Å². The van der Waals surface area contributed by atoms with Crippen molar-refractivity contribution in [2.24, 2.45) is 0 Å². The molecule has 0 heterocycles. The van der Waals surface area contributed by atoms with E-state index in [9.17, 15) is 4.79 Å². The highest BCUT2D eigenvalue weighted by Crippen LogP contribution is 2.16. The minimum absolute atomic E-state index is 0.0987. The number of hydrogen-bond acceptors (Lipinski definition) is 2. The van der Waals surface area contributed by atoms with E-state index >= 15 is 0 Å². The Balaban J connectivity index is 1.75. The second kappa shape index (κ2) is 8.22. The smallest absolute Gasteiger partial charge is 0.321 e. The lowest BCUT2D eigenvalue weighted by molar-refractivity contribution is 0.216. The van der Waals surface area contributed by atoms with Gasteiger partial charge >= 0.3 is 6.03 Å². The number of anilines is 1. The topological polar surface area (TPSA) is 41.6 Å². The van der Waals surface area contributed by atoms with Crippen LogP contribution in [0.15, 0.2) is 48.5 Å². The molecule has 0 atom stereocenters. The number of rotatable bonds is 6. The largest absolute Gasteiger partial charge is 0.494 e. The van der Waals surface area contributed by atoms with Crippen LogP contribution in [0.5, 0.6) is 5.75 Å². The zero-order chi connectivity index (χ0) is 16.7. The summed E-state index contributed by atoms with van der Waals surface area (Å²) < 4.78 is 5.63. The van der Waals surface area contributed by atoms with E-state index in [0.717, 1.165) is 29.0 Å². The Morgan fingerprint density at radius 1 is 1.13 bits per heavy atom. The number of urea groups is 1. The average molecular weight is 312 g/mol. The first kappa shape index (κ1) is 16.9. The fourth-order valence-corrected chi connectivity index (χ4v) is 2.19. The van der Waals surface area contributed by atoms with Gasteiger partial charge in [-0.1, -0.05) is 30.3 Å². The van der Waals surface area contributed by atoms with E-state index in [1.54, 1.807) is 11.9 Å². The summed E-state index contributed by atoms with van der Waals surface area (Å²) in [6.45, 7) is 5.23. The summed E-state index contributed by atoms with van der Waals surface area (Å²) >= 11 is 0. The molecule has 0 aliphatic heterocycles. The second-order valence-electron chi connectivity index (χ2n) is 5.69. The van der Waals surface area contributed by atoms with Gasteiger partial charge in [0.25, 0.3) is 0 Å². The zero-order valence-electron chi connectivity index (χ0n) is 14.0. The summed E-state index contributed by atoms with van der Waals surface area (Å²) in [4.78, 5) is 13.9. The third-order valence-corrected chi connectivity index (χ3v) is 3.63. The number of hydrogen-bond donors (Lipinski definition) is 1. The van der Waals surface area contributed by atoms with Crippen molar-refractivity contribution < 1.29 is 9.53 Å². The van der Waals surface area contributed by atoms with Crippen molar-refractivity contribution in [3.05, 3.63) is 59.7 Å². The van der Waals surface area contributed by atoms with Crippen LogP contribution in [0.1, 0.15) is 17.5 Å². The van der Waals surface area contributed by atoms with Crippen molar-refractivity contribution in [2.45, 2.75) is 20.3 Å². The summed E-state index contributed by atoms with van der Waals surface area (Å²) in [6.07, 6.45) is 0.783. The van der Waals surface area contributed by atoms with Gasteiger partial charge in [-0.25, -0.2) is 4.79 Å². The standard InChI is InChI=1S/C19H24N2O2/c1-15-10-11-16(2)18(14-15)20-19(22)21(3)12-7-13-23-17-8-5-4-6-9-17/h4-6,8-11,14H,7,12-13H2,1-3H3,(H,20,22). The number of carbonyl (C=O) groups is 1.